The molecule has 0 spiro atoms. The maximum absolute atomic E-state index is 5.95. The van der Waals surface area contributed by atoms with Gasteiger partial charge in [0.05, 0.1) is 12.2 Å². The van der Waals surface area contributed by atoms with Gasteiger partial charge in [0.1, 0.15) is 0 Å². The Morgan fingerprint density at radius 2 is 1.56 bits per heavy atom. The molecule has 3 aliphatic rings. The standard InChI is InChI=1S/C13H24N2O/c14-11-3-1-10(2-4-11)7-15-8-12-5-6-13(9-15)16-12/h10-13H,1-9,14H2. The lowest BCUT2D eigenvalue weighted by molar-refractivity contribution is -0.0440. The smallest absolute Gasteiger partial charge is 0.0707 e. The van der Waals surface area contributed by atoms with Crippen molar-refractivity contribution in [1.82, 2.24) is 4.90 Å². The van der Waals surface area contributed by atoms with Gasteiger partial charge in [0, 0.05) is 25.7 Å². The minimum Gasteiger partial charge on any atom is -0.372 e. The molecule has 2 heterocycles. The highest BCUT2D eigenvalue weighted by Crippen LogP contribution is 2.29. The summed E-state index contributed by atoms with van der Waals surface area (Å²) in [5, 5.41) is 0. The Hall–Kier alpha value is -0.120. The molecule has 16 heavy (non-hydrogen) atoms. The molecule has 0 radical (unpaired) electrons. The Labute approximate surface area is 98.3 Å². The van der Waals surface area contributed by atoms with Gasteiger partial charge in [0.2, 0.25) is 0 Å². The fourth-order valence-corrected chi connectivity index (χ4v) is 3.58. The molecule has 0 aromatic carbocycles. The van der Waals surface area contributed by atoms with E-state index in [0.29, 0.717) is 18.2 Å². The van der Waals surface area contributed by atoms with Gasteiger partial charge in [-0.05, 0) is 44.4 Å². The molecule has 2 bridgehead atoms. The first-order valence-electron chi connectivity index (χ1n) is 6.93. The van der Waals surface area contributed by atoms with Crippen LogP contribution in [-0.4, -0.2) is 42.8 Å². The summed E-state index contributed by atoms with van der Waals surface area (Å²) in [5.74, 6) is 0.900. The van der Waals surface area contributed by atoms with E-state index in [1.165, 1.54) is 58.2 Å². The van der Waals surface area contributed by atoms with E-state index in [0.717, 1.165) is 5.92 Å². The molecule has 3 heteroatoms. The van der Waals surface area contributed by atoms with Gasteiger partial charge < -0.3 is 10.5 Å². The quantitative estimate of drug-likeness (QED) is 0.770. The van der Waals surface area contributed by atoms with Crippen LogP contribution in [0.2, 0.25) is 0 Å². The van der Waals surface area contributed by atoms with Gasteiger partial charge >= 0.3 is 0 Å². The van der Waals surface area contributed by atoms with Gasteiger partial charge in [-0.1, -0.05) is 0 Å². The Morgan fingerprint density at radius 1 is 0.938 bits per heavy atom. The second-order valence-electron chi connectivity index (χ2n) is 5.96. The van der Waals surface area contributed by atoms with Crippen LogP contribution in [0.3, 0.4) is 0 Å². The van der Waals surface area contributed by atoms with Crippen molar-refractivity contribution in [1.29, 1.82) is 0 Å². The third-order valence-corrected chi connectivity index (χ3v) is 4.53. The molecule has 2 saturated heterocycles. The van der Waals surface area contributed by atoms with Gasteiger partial charge in [0.15, 0.2) is 0 Å². The minimum absolute atomic E-state index is 0.483. The first-order valence-corrected chi connectivity index (χ1v) is 6.93. The summed E-state index contributed by atoms with van der Waals surface area (Å²) in [6.07, 6.45) is 8.83. The summed E-state index contributed by atoms with van der Waals surface area (Å²) in [6, 6.07) is 0.483. The van der Waals surface area contributed by atoms with Gasteiger partial charge in [-0.3, -0.25) is 4.90 Å². The van der Waals surface area contributed by atoms with Crippen LogP contribution in [0.1, 0.15) is 38.5 Å². The molecule has 3 nitrogen and oxygen atoms in total. The third kappa shape index (κ3) is 2.41. The SMILES string of the molecule is NC1CCC(CN2CC3CCC(C2)O3)CC1. The van der Waals surface area contributed by atoms with Gasteiger partial charge in [-0.15, -0.1) is 0 Å². The number of rotatable bonds is 2. The predicted octanol–water partition coefficient (Wildman–Crippen LogP) is 1.37. The third-order valence-electron chi connectivity index (χ3n) is 4.53. The molecule has 3 fully saturated rings. The van der Waals surface area contributed by atoms with E-state index >= 15 is 0 Å². The van der Waals surface area contributed by atoms with Crippen molar-refractivity contribution in [2.45, 2.75) is 56.8 Å². The average molecular weight is 224 g/mol. The minimum atomic E-state index is 0.483. The summed E-state index contributed by atoms with van der Waals surface area (Å²) in [5.41, 5.74) is 5.95. The number of hydrogen-bond donors (Lipinski definition) is 1. The van der Waals surface area contributed by atoms with Crippen molar-refractivity contribution in [2.24, 2.45) is 11.7 Å². The summed E-state index contributed by atoms with van der Waals surface area (Å²) in [7, 11) is 0. The zero-order valence-corrected chi connectivity index (χ0v) is 10.1. The maximum atomic E-state index is 5.95. The zero-order chi connectivity index (χ0) is 11.0. The summed E-state index contributed by atoms with van der Waals surface area (Å²) >= 11 is 0. The van der Waals surface area contributed by atoms with E-state index in [4.69, 9.17) is 10.5 Å². The largest absolute Gasteiger partial charge is 0.372 e. The monoisotopic (exact) mass is 224 g/mol. The number of morpholine rings is 1. The lowest BCUT2D eigenvalue weighted by Gasteiger charge is -2.36. The highest BCUT2D eigenvalue weighted by Gasteiger charge is 2.34. The second kappa shape index (κ2) is 4.63. The molecule has 0 aromatic rings. The zero-order valence-electron chi connectivity index (χ0n) is 10.1. The van der Waals surface area contributed by atoms with E-state index in [1.807, 2.05) is 0 Å². The van der Waals surface area contributed by atoms with Crippen molar-refractivity contribution in [2.75, 3.05) is 19.6 Å². The lowest BCUT2D eigenvalue weighted by atomic mass is 9.86. The van der Waals surface area contributed by atoms with Gasteiger partial charge in [-0.25, -0.2) is 0 Å². The number of hydrogen-bond acceptors (Lipinski definition) is 3. The van der Waals surface area contributed by atoms with Crippen LogP contribution in [0.25, 0.3) is 0 Å². The Morgan fingerprint density at radius 3 is 2.19 bits per heavy atom. The van der Waals surface area contributed by atoms with Crippen LogP contribution >= 0.6 is 0 Å². The van der Waals surface area contributed by atoms with Crippen LogP contribution < -0.4 is 5.73 Å². The molecule has 1 saturated carbocycles. The Bertz CT molecular complexity index is 226. The molecule has 2 N–H and O–H groups in total. The fraction of sp³-hybridized carbons (Fsp3) is 1.00. The van der Waals surface area contributed by atoms with Crippen molar-refractivity contribution in [3.05, 3.63) is 0 Å². The summed E-state index contributed by atoms with van der Waals surface area (Å²) in [4.78, 5) is 2.65. The number of fused-ring (bicyclic) bond motifs is 2. The first kappa shape index (κ1) is 11.0. The van der Waals surface area contributed by atoms with Crippen LogP contribution in [0, 0.1) is 5.92 Å². The Balaban J connectivity index is 1.48. The normalized spacial score (nSPS) is 44.8. The van der Waals surface area contributed by atoms with Crippen LogP contribution in [0.4, 0.5) is 0 Å². The molecule has 0 aromatic heterocycles. The summed E-state index contributed by atoms with van der Waals surface area (Å²) in [6.45, 7) is 3.65. The second-order valence-corrected chi connectivity index (χ2v) is 5.96. The van der Waals surface area contributed by atoms with E-state index in [-0.39, 0.29) is 0 Å². The van der Waals surface area contributed by atoms with Crippen molar-refractivity contribution < 1.29 is 4.74 Å². The van der Waals surface area contributed by atoms with E-state index in [9.17, 15) is 0 Å². The van der Waals surface area contributed by atoms with Crippen LogP contribution in [-0.2, 0) is 4.74 Å². The van der Waals surface area contributed by atoms with Crippen molar-refractivity contribution in [3.63, 3.8) is 0 Å². The molecular formula is C13H24N2O. The molecular weight excluding hydrogens is 200 g/mol. The molecule has 2 unspecified atom stereocenters. The maximum Gasteiger partial charge on any atom is 0.0707 e. The van der Waals surface area contributed by atoms with Crippen LogP contribution in [0.5, 0.6) is 0 Å². The highest BCUT2D eigenvalue weighted by atomic mass is 16.5. The average Bonchev–Trinajstić information content (AvgIpc) is 2.62. The molecule has 1 aliphatic carbocycles. The number of nitrogens with two attached hydrogens (primary N) is 1. The summed E-state index contributed by atoms with van der Waals surface area (Å²) < 4.78 is 5.87. The number of ether oxygens (including phenoxy) is 1. The van der Waals surface area contributed by atoms with Crippen LogP contribution in [0.15, 0.2) is 0 Å². The molecule has 92 valence electrons. The van der Waals surface area contributed by atoms with Crippen molar-refractivity contribution in [3.8, 4) is 0 Å². The Kier molecular flexibility index (Phi) is 3.18. The topological polar surface area (TPSA) is 38.5 Å². The molecule has 3 rings (SSSR count). The number of likely N-dealkylation sites (tertiary alicyclic amines) is 1. The first-order chi connectivity index (χ1) is 7.79. The highest BCUT2D eigenvalue weighted by molar-refractivity contribution is 4.86. The van der Waals surface area contributed by atoms with E-state index in [2.05, 4.69) is 4.90 Å². The van der Waals surface area contributed by atoms with Gasteiger partial charge in [0.25, 0.3) is 0 Å². The molecule has 0 amide bonds. The number of nitrogens with zero attached hydrogens (tertiary/aromatic N) is 1. The fourth-order valence-electron chi connectivity index (χ4n) is 3.58. The van der Waals surface area contributed by atoms with E-state index in [1.54, 1.807) is 0 Å². The predicted molar refractivity (Wildman–Crippen MR) is 64.3 cm³/mol. The lowest BCUT2D eigenvalue weighted by Crippen LogP contribution is -2.45. The molecule has 2 aliphatic heterocycles. The van der Waals surface area contributed by atoms with Gasteiger partial charge in [-0.2, -0.15) is 0 Å². The van der Waals surface area contributed by atoms with E-state index < -0.39 is 0 Å². The van der Waals surface area contributed by atoms with Crippen molar-refractivity contribution >= 4 is 0 Å². The molecule has 2 atom stereocenters.